The molecule has 0 spiro atoms. The maximum atomic E-state index is 12.9. The van der Waals surface area contributed by atoms with Crippen LogP contribution in [0.15, 0.2) is 58.3 Å². The second-order valence-corrected chi connectivity index (χ2v) is 9.89. The fraction of sp³-hybridized carbons (Fsp3) is 0.364. The lowest BCUT2D eigenvalue weighted by Crippen LogP contribution is -2.32. The number of Topliss-reactive ketones (excluding diaryl/α,β-unsaturated/α-hetero) is 1. The molecule has 0 unspecified atom stereocenters. The van der Waals surface area contributed by atoms with Crippen LogP contribution >= 0.6 is 11.8 Å². The second-order valence-electron chi connectivity index (χ2n) is 7.07. The van der Waals surface area contributed by atoms with Crippen LogP contribution in [0.25, 0.3) is 0 Å². The molecule has 1 saturated heterocycles. The largest absolute Gasteiger partial charge is 0.454 e. The van der Waals surface area contributed by atoms with Gasteiger partial charge in [-0.15, -0.1) is 11.8 Å². The molecule has 1 aliphatic rings. The maximum absolute atomic E-state index is 12.9. The predicted molar refractivity (Wildman–Crippen MR) is 117 cm³/mol. The van der Waals surface area contributed by atoms with Gasteiger partial charge in [0, 0.05) is 23.5 Å². The SMILES string of the molecule is CSc1ccc(C(=O)COC(=O)c2cccc(S(=O)(=O)N3CCCCCC3)c2)cc1. The van der Waals surface area contributed by atoms with E-state index in [0.29, 0.717) is 18.7 Å². The first-order chi connectivity index (χ1) is 14.4. The van der Waals surface area contributed by atoms with Crippen LogP contribution in [0.2, 0.25) is 0 Å². The number of carbonyl (C=O) groups is 2. The summed E-state index contributed by atoms with van der Waals surface area (Å²) in [5.74, 6) is -1.04. The van der Waals surface area contributed by atoms with E-state index in [9.17, 15) is 18.0 Å². The van der Waals surface area contributed by atoms with Crippen molar-refractivity contribution < 1.29 is 22.7 Å². The Morgan fingerprint density at radius 2 is 1.63 bits per heavy atom. The van der Waals surface area contributed by atoms with E-state index in [1.807, 2.05) is 18.4 Å². The molecule has 0 atom stereocenters. The molecule has 0 bridgehead atoms. The Bertz CT molecular complexity index is 994. The zero-order chi connectivity index (χ0) is 21.6. The highest BCUT2D eigenvalue weighted by Crippen LogP contribution is 2.21. The molecule has 3 rings (SSSR count). The summed E-state index contributed by atoms with van der Waals surface area (Å²) in [6, 6.07) is 12.8. The summed E-state index contributed by atoms with van der Waals surface area (Å²) in [4.78, 5) is 25.8. The zero-order valence-electron chi connectivity index (χ0n) is 16.9. The Morgan fingerprint density at radius 1 is 0.967 bits per heavy atom. The van der Waals surface area contributed by atoms with Crippen molar-refractivity contribution in [2.45, 2.75) is 35.5 Å². The molecule has 1 aliphatic heterocycles. The molecule has 2 aromatic rings. The third kappa shape index (κ3) is 5.50. The van der Waals surface area contributed by atoms with E-state index in [1.165, 1.54) is 28.6 Å². The van der Waals surface area contributed by atoms with Crippen molar-refractivity contribution in [3.05, 3.63) is 59.7 Å². The first-order valence-electron chi connectivity index (χ1n) is 9.86. The number of esters is 1. The van der Waals surface area contributed by atoms with Gasteiger partial charge in [-0.25, -0.2) is 13.2 Å². The van der Waals surface area contributed by atoms with Crippen molar-refractivity contribution in [2.75, 3.05) is 26.0 Å². The molecule has 0 aromatic heterocycles. The van der Waals surface area contributed by atoms with Crippen LogP contribution in [-0.2, 0) is 14.8 Å². The number of ketones is 1. The quantitative estimate of drug-likeness (QED) is 0.362. The molecular weight excluding hydrogens is 422 g/mol. The van der Waals surface area contributed by atoms with Gasteiger partial charge in [-0.05, 0) is 49.4 Å². The summed E-state index contributed by atoms with van der Waals surface area (Å²) in [5.41, 5.74) is 0.564. The average Bonchev–Trinajstić information content (AvgIpc) is 3.07. The van der Waals surface area contributed by atoms with E-state index >= 15 is 0 Å². The summed E-state index contributed by atoms with van der Waals surface area (Å²) in [6.07, 6.45) is 5.65. The number of hydrogen-bond donors (Lipinski definition) is 0. The fourth-order valence-corrected chi connectivity index (χ4v) is 5.26. The molecule has 8 heteroatoms. The number of thioether (sulfide) groups is 1. The highest BCUT2D eigenvalue weighted by molar-refractivity contribution is 7.98. The Kier molecular flexibility index (Phi) is 7.69. The van der Waals surface area contributed by atoms with E-state index in [1.54, 1.807) is 23.9 Å². The predicted octanol–water partition coefficient (Wildman–Crippen LogP) is 4.01. The minimum absolute atomic E-state index is 0.0674. The molecule has 0 N–H and O–H groups in total. The second kappa shape index (κ2) is 10.2. The van der Waals surface area contributed by atoms with Gasteiger partial charge in [0.1, 0.15) is 0 Å². The van der Waals surface area contributed by atoms with Crippen molar-refractivity contribution >= 4 is 33.5 Å². The van der Waals surface area contributed by atoms with E-state index in [0.717, 1.165) is 30.6 Å². The van der Waals surface area contributed by atoms with Crippen molar-refractivity contribution in [2.24, 2.45) is 0 Å². The first kappa shape index (κ1) is 22.5. The Balaban J connectivity index is 1.67. The van der Waals surface area contributed by atoms with Gasteiger partial charge in [-0.2, -0.15) is 4.31 Å². The molecule has 0 radical (unpaired) electrons. The molecule has 2 aromatic carbocycles. The average molecular weight is 448 g/mol. The van der Waals surface area contributed by atoms with Gasteiger partial charge >= 0.3 is 5.97 Å². The van der Waals surface area contributed by atoms with Gasteiger partial charge in [0.05, 0.1) is 10.5 Å². The van der Waals surface area contributed by atoms with E-state index in [4.69, 9.17) is 4.74 Å². The van der Waals surface area contributed by atoms with Crippen LogP contribution in [0.3, 0.4) is 0 Å². The lowest BCUT2D eigenvalue weighted by atomic mass is 10.1. The highest BCUT2D eigenvalue weighted by atomic mass is 32.2. The van der Waals surface area contributed by atoms with Gasteiger partial charge in [-0.3, -0.25) is 4.79 Å². The highest BCUT2D eigenvalue weighted by Gasteiger charge is 2.26. The smallest absolute Gasteiger partial charge is 0.338 e. The number of sulfonamides is 1. The first-order valence-corrected chi connectivity index (χ1v) is 12.5. The monoisotopic (exact) mass is 447 g/mol. The normalized spacial score (nSPS) is 15.4. The van der Waals surface area contributed by atoms with Crippen LogP contribution in [0.4, 0.5) is 0 Å². The number of carbonyl (C=O) groups excluding carboxylic acids is 2. The minimum Gasteiger partial charge on any atom is -0.454 e. The fourth-order valence-electron chi connectivity index (χ4n) is 3.29. The third-order valence-corrected chi connectivity index (χ3v) is 7.66. The maximum Gasteiger partial charge on any atom is 0.338 e. The van der Waals surface area contributed by atoms with Crippen LogP contribution in [0.5, 0.6) is 0 Å². The lowest BCUT2D eigenvalue weighted by molar-refractivity contribution is 0.0474. The van der Waals surface area contributed by atoms with Gasteiger partial charge in [0.2, 0.25) is 10.0 Å². The summed E-state index contributed by atoms with van der Waals surface area (Å²) in [5, 5.41) is 0. The summed E-state index contributed by atoms with van der Waals surface area (Å²) in [6.45, 7) is 0.572. The Hall–Kier alpha value is -2.16. The molecule has 0 saturated carbocycles. The Labute approximate surface area is 181 Å². The lowest BCUT2D eigenvalue weighted by Gasteiger charge is -2.20. The number of nitrogens with zero attached hydrogens (tertiary/aromatic N) is 1. The van der Waals surface area contributed by atoms with E-state index in [-0.39, 0.29) is 16.2 Å². The molecule has 160 valence electrons. The van der Waals surface area contributed by atoms with Crippen LogP contribution in [0, 0.1) is 0 Å². The van der Waals surface area contributed by atoms with Crippen LogP contribution in [-0.4, -0.2) is 50.4 Å². The Morgan fingerprint density at radius 3 is 2.27 bits per heavy atom. The zero-order valence-corrected chi connectivity index (χ0v) is 18.5. The minimum atomic E-state index is -3.67. The molecule has 6 nitrogen and oxygen atoms in total. The van der Waals surface area contributed by atoms with Crippen molar-refractivity contribution in [1.29, 1.82) is 0 Å². The van der Waals surface area contributed by atoms with Crippen molar-refractivity contribution in [1.82, 2.24) is 4.31 Å². The standard InChI is InChI=1S/C22H25NO5S2/c1-29-19-11-9-17(10-12-19)21(24)16-28-22(25)18-7-6-8-20(15-18)30(26,27)23-13-4-2-3-5-14-23/h6-12,15H,2-5,13-14,16H2,1H3. The van der Waals surface area contributed by atoms with Gasteiger partial charge in [-0.1, -0.05) is 31.0 Å². The molecule has 1 fully saturated rings. The van der Waals surface area contributed by atoms with Gasteiger partial charge in [0.25, 0.3) is 0 Å². The van der Waals surface area contributed by atoms with Gasteiger partial charge in [0.15, 0.2) is 12.4 Å². The van der Waals surface area contributed by atoms with Crippen LogP contribution in [0.1, 0.15) is 46.4 Å². The molecule has 30 heavy (non-hydrogen) atoms. The van der Waals surface area contributed by atoms with Gasteiger partial charge < -0.3 is 4.74 Å². The summed E-state index contributed by atoms with van der Waals surface area (Å²) < 4.78 is 32.5. The number of rotatable bonds is 7. The number of benzene rings is 2. The van der Waals surface area contributed by atoms with Crippen molar-refractivity contribution in [3.63, 3.8) is 0 Å². The third-order valence-electron chi connectivity index (χ3n) is 5.02. The molecular formula is C22H25NO5S2. The summed E-state index contributed by atoms with van der Waals surface area (Å²) in [7, 11) is -3.67. The van der Waals surface area contributed by atoms with Crippen molar-refractivity contribution in [3.8, 4) is 0 Å². The number of hydrogen-bond acceptors (Lipinski definition) is 6. The molecule has 1 heterocycles. The van der Waals surface area contributed by atoms with E-state index < -0.39 is 22.6 Å². The van der Waals surface area contributed by atoms with Crippen LogP contribution < -0.4 is 0 Å². The molecule has 0 aliphatic carbocycles. The topological polar surface area (TPSA) is 80.8 Å². The van der Waals surface area contributed by atoms with E-state index in [2.05, 4.69) is 0 Å². The summed E-state index contributed by atoms with van der Waals surface area (Å²) >= 11 is 1.57. The number of ether oxygens (including phenoxy) is 1. The molecule has 0 amide bonds.